The minimum Gasteiger partial charge on any atom is -0.399 e. The van der Waals surface area contributed by atoms with E-state index in [9.17, 15) is 0 Å². The molecule has 0 bridgehead atoms. The molecule has 1 aliphatic heterocycles. The summed E-state index contributed by atoms with van der Waals surface area (Å²) in [5, 5.41) is 0.799. The molecule has 0 saturated heterocycles. The largest absolute Gasteiger partial charge is 0.399 e. The molecule has 2 aromatic rings. The van der Waals surface area contributed by atoms with E-state index < -0.39 is 0 Å². The summed E-state index contributed by atoms with van der Waals surface area (Å²) in [7, 11) is 0. The van der Waals surface area contributed by atoms with Crippen molar-refractivity contribution in [2.75, 3.05) is 5.73 Å². The highest BCUT2D eigenvalue weighted by molar-refractivity contribution is 6.30. The molecule has 18 heavy (non-hydrogen) atoms. The van der Waals surface area contributed by atoms with Crippen molar-refractivity contribution < 1.29 is 0 Å². The molecule has 0 amide bonds. The lowest BCUT2D eigenvalue weighted by Crippen LogP contribution is -2.15. The van der Waals surface area contributed by atoms with Gasteiger partial charge in [-0.15, -0.1) is 0 Å². The van der Waals surface area contributed by atoms with E-state index in [1.54, 1.807) is 0 Å². The highest BCUT2D eigenvalue weighted by atomic mass is 35.5. The lowest BCUT2D eigenvalue weighted by Gasteiger charge is -2.14. The minimum absolute atomic E-state index is 0.799. The molecular weight excluding hydrogens is 244 g/mol. The Bertz CT molecular complexity index is 580. The van der Waals surface area contributed by atoms with Crippen molar-refractivity contribution in [1.82, 2.24) is 4.90 Å². The Hall–Kier alpha value is -1.51. The van der Waals surface area contributed by atoms with Crippen molar-refractivity contribution in [3.63, 3.8) is 0 Å². The van der Waals surface area contributed by atoms with Crippen LogP contribution in [0.5, 0.6) is 0 Å². The predicted molar refractivity (Wildman–Crippen MR) is 75.3 cm³/mol. The van der Waals surface area contributed by atoms with Crippen LogP contribution in [-0.4, -0.2) is 4.90 Å². The van der Waals surface area contributed by atoms with Gasteiger partial charge in [0.25, 0.3) is 0 Å². The third kappa shape index (κ3) is 2.35. The number of hydrogen-bond donors (Lipinski definition) is 1. The number of nitrogen functional groups attached to an aromatic ring is 1. The highest BCUT2D eigenvalue weighted by Gasteiger charge is 2.18. The van der Waals surface area contributed by atoms with Gasteiger partial charge in [0.2, 0.25) is 0 Å². The number of hydrogen-bond acceptors (Lipinski definition) is 2. The summed E-state index contributed by atoms with van der Waals surface area (Å²) in [5.41, 5.74) is 10.6. The molecule has 1 aliphatic rings. The van der Waals surface area contributed by atoms with E-state index in [1.807, 2.05) is 24.3 Å². The number of nitrogens with zero attached hydrogens (tertiary/aromatic N) is 1. The standard InChI is InChI=1S/C15H15ClN2/c16-14-3-1-2-11(6-14)8-18-9-12-4-5-15(17)7-13(12)10-18/h1-7H,8-10,17H2. The normalized spacial score (nSPS) is 14.7. The molecule has 0 aliphatic carbocycles. The van der Waals surface area contributed by atoms with Crippen LogP contribution in [0.25, 0.3) is 0 Å². The second-order valence-corrected chi connectivity index (χ2v) is 5.24. The first-order chi connectivity index (χ1) is 8.70. The zero-order valence-corrected chi connectivity index (χ0v) is 10.8. The van der Waals surface area contributed by atoms with Gasteiger partial charge in [-0.05, 0) is 41.0 Å². The second-order valence-electron chi connectivity index (χ2n) is 4.80. The molecule has 3 rings (SSSR count). The van der Waals surface area contributed by atoms with Crippen LogP contribution < -0.4 is 5.73 Å². The molecule has 0 spiro atoms. The first-order valence-electron chi connectivity index (χ1n) is 6.05. The Morgan fingerprint density at radius 2 is 1.89 bits per heavy atom. The molecular formula is C15H15ClN2. The van der Waals surface area contributed by atoms with E-state index in [1.165, 1.54) is 16.7 Å². The van der Waals surface area contributed by atoms with Crippen molar-refractivity contribution in [3.8, 4) is 0 Å². The third-order valence-corrected chi connectivity index (χ3v) is 3.55. The predicted octanol–water partition coefficient (Wildman–Crippen LogP) is 3.44. The number of benzene rings is 2. The molecule has 0 radical (unpaired) electrons. The topological polar surface area (TPSA) is 29.3 Å². The number of halogens is 1. The van der Waals surface area contributed by atoms with Crippen molar-refractivity contribution in [1.29, 1.82) is 0 Å². The highest BCUT2D eigenvalue weighted by Crippen LogP contribution is 2.26. The maximum atomic E-state index is 6.01. The van der Waals surface area contributed by atoms with Crippen molar-refractivity contribution >= 4 is 17.3 Å². The molecule has 2 nitrogen and oxygen atoms in total. The van der Waals surface area contributed by atoms with Gasteiger partial charge in [-0.3, -0.25) is 4.90 Å². The molecule has 2 aromatic carbocycles. The molecule has 0 unspecified atom stereocenters. The molecule has 1 heterocycles. The zero-order chi connectivity index (χ0) is 12.5. The SMILES string of the molecule is Nc1ccc2c(c1)CN(Cc1cccc(Cl)c1)C2. The second kappa shape index (κ2) is 4.63. The molecule has 0 atom stereocenters. The van der Waals surface area contributed by atoms with Gasteiger partial charge >= 0.3 is 0 Å². The van der Waals surface area contributed by atoms with Crippen LogP contribution in [0.2, 0.25) is 5.02 Å². The first-order valence-corrected chi connectivity index (χ1v) is 6.42. The van der Waals surface area contributed by atoms with Gasteiger partial charge in [-0.2, -0.15) is 0 Å². The molecule has 0 fully saturated rings. The third-order valence-electron chi connectivity index (χ3n) is 3.31. The van der Waals surface area contributed by atoms with E-state index in [-0.39, 0.29) is 0 Å². The van der Waals surface area contributed by atoms with Crippen molar-refractivity contribution in [3.05, 3.63) is 64.2 Å². The first kappa shape index (κ1) is 11.6. The van der Waals surface area contributed by atoms with Crippen LogP contribution in [0, 0.1) is 0 Å². The summed E-state index contributed by atoms with van der Waals surface area (Å²) in [6.07, 6.45) is 0. The molecule has 2 N–H and O–H groups in total. The van der Waals surface area contributed by atoms with E-state index in [0.717, 1.165) is 30.3 Å². The summed E-state index contributed by atoms with van der Waals surface area (Å²) >= 11 is 6.01. The van der Waals surface area contributed by atoms with Gasteiger partial charge in [0.1, 0.15) is 0 Å². The summed E-state index contributed by atoms with van der Waals surface area (Å²) in [5.74, 6) is 0. The van der Waals surface area contributed by atoms with Crippen LogP contribution in [0.4, 0.5) is 5.69 Å². The average Bonchev–Trinajstić information content (AvgIpc) is 2.70. The average molecular weight is 259 g/mol. The fourth-order valence-electron chi connectivity index (χ4n) is 2.49. The number of anilines is 1. The fraction of sp³-hybridized carbons (Fsp3) is 0.200. The lowest BCUT2D eigenvalue weighted by molar-refractivity contribution is 0.275. The van der Waals surface area contributed by atoms with Crippen LogP contribution in [0.1, 0.15) is 16.7 Å². The summed E-state index contributed by atoms with van der Waals surface area (Å²) in [6, 6.07) is 14.2. The number of fused-ring (bicyclic) bond motifs is 1. The smallest absolute Gasteiger partial charge is 0.0409 e. The van der Waals surface area contributed by atoms with E-state index >= 15 is 0 Å². The van der Waals surface area contributed by atoms with Gasteiger partial charge in [0.05, 0.1) is 0 Å². The Balaban J connectivity index is 1.74. The quantitative estimate of drug-likeness (QED) is 0.836. The van der Waals surface area contributed by atoms with Crippen LogP contribution in [-0.2, 0) is 19.6 Å². The van der Waals surface area contributed by atoms with E-state index in [2.05, 4.69) is 23.1 Å². The van der Waals surface area contributed by atoms with Gasteiger partial charge in [-0.25, -0.2) is 0 Å². The maximum Gasteiger partial charge on any atom is 0.0409 e. The molecule has 0 aromatic heterocycles. The van der Waals surface area contributed by atoms with Gasteiger partial charge in [0.15, 0.2) is 0 Å². The number of rotatable bonds is 2. The maximum absolute atomic E-state index is 6.01. The van der Waals surface area contributed by atoms with E-state index in [4.69, 9.17) is 17.3 Å². The zero-order valence-electron chi connectivity index (χ0n) is 10.1. The van der Waals surface area contributed by atoms with Gasteiger partial charge < -0.3 is 5.73 Å². The lowest BCUT2D eigenvalue weighted by atomic mass is 10.1. The Labute approximate surface area is 112 Å². The molecule has 0 saturated carbocycles. The summed E-state index contributed by atoms with van der Waals surface area (Å²) < 4.78 is 0. The minimum atomic E-state index is 0.799. The Morgan fingerprint density at radius 3 is 2.72 bits per heavy atom. The number of nitrogens with two attached hydrogens (primary N) is 1. The monoisotopic (exact) mass is 258 g/mol. The van der Waals surface area contributed by atoms with E-state index in [0.29, 0.717) is 0 Å². The van der Waals surface area contributed by atoms with Crippen molar-refractivity contribution in [2.45, 2.75) is 19.6 Å². The van der Waals surface area contributed by atoms with Gasteiger partial charge in [0, 0.05) is 30.3 Å². The van der Waals surface area contributed by atoms with Crippen molar-refractivity contribution in [2.24, 2.45) is 0 Å². The molecule has 3 heteroatoms. The summed E-state index contributed by atoms with van der Waals surface area (Å²) in [4.78, 5) is 2.40. The van der Waals surface area contributed by atoms with Crippen LogP contribution in [0.3, 0.4) is 0 Å². The van der Waals surface area contributed by atoms with Crippen LogP contribution >= 0.6 is 11.6 Å². The van der Waals surface area contributed by atoms with Gasteiger partial charge in [-0.1, -0.05) is 29.8 Å². The molecule has 92 valence electrons. The van der Waals surface area contributed by atoms with Crippen LogP contribution in [0.15, 0.2) is 42.5 Å². The Morgan fingerprint density at radius 1 is 1.06 bits per heavy atom. The summed E-state index contributed by atoms with van der Waals surface area (Å²) in [6.45, 7) is 2.88. The fourth-order valence-corrected chi connectivity index (χ4v) is 2.70. The Kier molecular flexibility index (Phi) is 2.98.